The molecule has 1 aliphatic carbocycles. The SMILES string of the molecule is Cc1ccc(C(=O)O)cc1N(N)/C=C(\N)c1ccc(NCC2CC2)nc1. The number of aromatic nitrogens is 1. The summed E-state index contributed by atoms with van der Waals surface area (Å²) in [6.45, 7) is 2.81. The Morgan fingerprint density at radius 3 is 2.69 bits per heavy atom. The van der Waals surface area contributed by atoms with Crippen molar-refractivity contribution in [3.05, 3.63) is 59.4 Å². The van der Waals surface area contributed by atoms with Crippen LogP contribution in [-0.2, 0) is 0 Å². The number of nitrogens with two attached hydrogens (primary N) is 2. The zero-order valence-corrected chi connectivity index (χ0v) is 14.6. The maximum absolute atomic E-state index is 11.1. The van der Waals surface area contributed by atoms with Crippen molar-refractivity contribution in [1.29, 1.82) is 0 Å². The molecule has 26 heavy (non-hydrogen) atoms. The highest BCUT2D eigenvalue weighted by molar-refractivity contribution is 5.89. The number of carboxylic acid groups (broad SMARTS) is 1. The smallest absolute Gasteiger partial charge is 0.335 e. The summed E-state index contributed by atoms with van der Waals surface area (Å²) in [7, 11) is 0. The van der Waals surface area contributed by atoms with Gasteiger partial charge in [0.15, 0.2) is 0 Å². The number of hydrazine groups is 1. The molecule has 136 valence electrons. The van der Waals surface area contributed by atoms with Crippen LogP contribution in [0.25, 0.3) is 5.70 Å². The predicted octanol–water partition coefficient (Wildman–Crippen LogP) is 2.55. The third-order valence-corrected chi connectivity index (χ3v) is 4.38. The summed E-state index contributed by atoms with van der Waals surface area (Å²) in [6.07, 6.45) is 5.82. The van der Waals surface area contributed by atoms with Crippen LogP contribution >= 0.6 is 0 Å². The lowest BCUT2D eigenvalue weighted by Crippen LogP contribution is -2.26. The number of aromatic carboxylic acids is 1. The van der Waals surface area contributed by atoms with Gasteiger partial charge in [0.05, 0.1) is 16.9 Å². The molecule has 2 aromatic rings. The molecule has 0 amide bonds. The maximum Gasteiger partial charge on any atom is 0.335 e. The van der Waals surface area contributed by atoms with E-state index in [1.807, 2.05) is 19.1 Å². The van der Waals surface area contributed by atoms with Crippen molar-refractivity contribution in [2.75, 3.05) is 16.9 Å². The fraction of sp³-hybridized carbons (Fsp3) is 0.263. The lowest BCUT2D eigenvalue weighted by Gasteiger charge is -2.18. The van der Waals surface area contributed by atoms with Crippen LogP contribution < -0.4 is 21.9 Å². The van der Waals surface area contributed by atoms with Crippen molar-refractivity contribution in [2.24, 2.45) is 17.5 Å². The summed E-state index contributed by atoms with van der Waals surface area (Å²) in [5, 5.41) is 13.8. The Labute approximate surface area is 152 Å². The number of anilines is 2. The van der Waals surface area contributed by atoms with E-state index in [0.717, 1.165) is 29.4 Å². The molecule has 1 saturated carbocycles. The molecule has 7 heteroatoms. The molecule has 1 aromatic carbocycles. The van der Waals surface area contributed by atoms with E-state index in [2.05, 4.69) is 10.3 Å². The van der Waals surface area contributed by atoms with Crippen molar-refractivity contribution in [2.45, 2.75) is 19.8 Å². The van der Waals surface area contributed by atoms with Crippen LogP contribution in [0.2, 0.25) is 0 Å². The summed E-state index contributed by atoms with van der Waals surface area (Å²) in [5.74, 6) is 6.66. The fourth-order valence-corrected chi connectivity index (χ4v) is 2.55. The molecule has 0 spiro atoms. The summed E-state index contributed by atoms with van der Waals surface area (Å²) in [5.41, 5.74) is 8.89. The average Bonchev–Trinajstić information content (AvgIpc) is 3.44. The van der Waals surface area contributed by atoms with Gasteiger partial charge in [-0.1, -0.05) is 6.07 Å². The van der Waals surface area contributed by atoms with Crippen molar-refractivity contribution < 1.29 is 9.90 Å². The van der Waals surface area contributed by atoms with Gasteiger partial charge < -0.3 is 16.2 Å². The number of nitrogens with zero attached hydrogens (tertiary/aromatic N) is 2. The van der Waals surface area contributed by atoms with Crippen LogP contribution in [0.15, 0.2) is 42.7 Å². The third kappa shape index (κ3) is 4.31. The maximum atomic E-state index is 11.1. The summed E-state index contributed by atoms with van der Waals surface area (Å²) in [4.78, 5) is 15.5. The van der Waals surface area contributed by atoms with Crippen LogP contribution in [0.1, 0.15) is 34.3 Å². The molecule has 7 nitrogen and oxygen atoms in total. The second-order valence-corrected chi connectivity index (χ2v) is 6.55. The fourth-order valence-electron chi connectivity index (χ4n) is 2.55. The van der Waals surface area contributed by atoms with Crippen molar-refractivity contribution in [3.8, 4) is 0 Å². The summed E-state index contributed by atoms with van der Waals surface area (Å²) >= 11 is 0. The van der Waals surface area contributed by atoms with Gasteiger partial charge in [0.1, 0.15) is 5.82 Å². The van der Waals surface area contributed by atoms with Gasteiger partial charge in [-0.15, -0.1) is 0 Å². The van der Waals surface area contributed by atoms with Gasteiger partial charge in [-0.2, -0.15) is 0 Å². The lowest BCUT2D eigenvalue weighted by molar-refractivity contribution is 0.0697. The molecule has 1 fully saturated rings. The van der Waals surface area contributed by atoms with Crippen molar-refractivity contribution in [1.82, 2.24) is 4.98 Å². The molecule has 1 heterocycles. The molecular weight excluding hydrogens is 330 g/mol. The van der Waals surface area contributed by atoms with E-state index in [9.17, 15) is 4.79 Å². The number of benzene rings is 1. The largest absolute Gasteiger partial charge is 0.478 e. The minimum absolute atomic E-state index is 0.167. The molecule has 1 aliphatic rings. The Morgan fingerprint density at radius 2 is 2.08 bits per heavy atom. The molecule has 3 rings (SSSR count). The zero-order chi connectivity index (χ0) is 18.7. The van der Waals surface area contributed by atoms with E-state index in [1.54, 1.807) is 24.5 Å². The molecular formula is C19H23N5O2. The number of carboxylic acids is 1. The monoisotopic (exact) mass is 353 g/mol. The highest BCUT2D eigenvalue weighted by Gasteiger charge is 2.20. The number of pyridine rings is 1. The van der Waals surface area contributed by atoms with E-state index in [0.29, 0.717) is 11.4 Å². The van der Waals surface area contributed by atoms with Gasteiger partial charge in [-0.05, 0) is 55.5 Å². The average molecular weight is 353 g/mol. The van der Waals surface area contributed by atoms with E-state index in [-0.39, 0.29) is 5.56 Å². The molecule has 0 aliphatic heterocycles. The first kappa shape index (κ1) is 17.8. The van der Waals surface area contributed by atoms with Crippen LogP contribution in [0.3, 0.4) is 0 Å². The first-order valence-corrected chi connectivity index (χ1v) is 8.49. The second kappa shape index (κ2) is 7.45. The van der Waals surface area contributed by atoms with Crippen molar-refractivity contribution >= 4 is 23.2 Å². The van der Waals surface area contributed by atoms with Crippen molar-refractivity contribution in [3.63, 3.8) is 0 Å². The highest BCUT2D eigenvalue weighted by Crippen LogP contribution is 2.28. The standard InChI is InChI=1S/C19H23N5O2/c1-12-2-5-14(19(25)26)8-17(12)24(21)11-16(20)15-6-7-18(23-10-15)22-9-13-3-4-13/h2,5-8,10-11,13H,3-4,9,20-21H2,1H3,(H,22,23)(H,25,26)/b16-11-. The Morgan fingerprint density at radius 1 is 1.35 bits per heavy atom. The number of nitrogens with one attached hydrogen (secondary N) is 1. The normalized spacial score (nSPS) is 14.2. The first-order chi connectivity index (χ1) is 12.4. The highest BCUT2D eigenvalue weighted by atomic mass is 16.4. The minimum atomic E-state index is -1.00. The Kier molecular flexibility index (Phi) is 5.09. The number of aryl methyl sites for hydroxylation is 1. The van der Waals surface area contributed by atoms with E-state index in [1.165, 1.54) is 23.9 Å². The number of carbonyl (C=O) groups is 1. The number of rotatable bonds is 7. The van der Waals surface area contributed by atoms with Gasteiger partial charge in [0.2, 0.25) is 0 Å². The third-order valence-electron chi connectivity index (χ3n) is 4.38. The Bertz CT molecular complexity index is 828. The molecule has 0 saturated heterocycles. The zero-order valence-electron chi connectivity index (χ0n) is 14.6. The predicted molar refractivity (Wildman–Crippen MR) is 102 cm³/mol. The van der Waals surface area contributed by atoms with Gasteiger partial charge >= 0.3 is 5.97 Å². The second-order valence-electron chi connectivity index (χ2n) is 6.55. The molecule has 0 bridgehead atoms. The number of hydrogen-bond donors (Lipinski definition) is 4. The van der Waals surface area contributed by atoms with Gasteiger partial charge in [-0.25, -0.2) is 15.6 Å². The van der Waals surface area contributed by atoms with Crippen LogP contribution in [0.5, 0.6) is 0 Å². The van der Waals surface area contributed by atoms with Gasteiger partial charge in [0, 0.05) is 24.5 Å². The number of hydrogen-bond acceptors (Lipinski definition) is 6. The van der Waals surface area contributed by atoms with E-state index < -0.39 is 5.97 Å². The quantitative estimate of drug-likeness (QED) is 0.446. The molecule has 0 unspecified atom stereocenters. The van der Waals surface area contributed by atoms with Crippen LogP contribution in [0, 0.1) is 12.8 Å². The first-order valence-electron chi connectivity index (χ1n) is 8.49. The molecule has 0 radical (unpaired) electrons. The lowest BCUT2D eigenvalue weighted by atomic mass is 10.1. The molecule has 0 atom stereocenters. The van der Waals surface area contributed by atoms with Gasteiger partial charge in [0.25, 0.3) is 0 Å². The van der Waals surface area contributed by atoms with Crippen LogP contribution in [0.4, 0.5) is 11.5 Å². The van der Waals surface area contributed by atoms with Crippen LogP contribution in [-0.4, -0.2) is 22.6 Å². The van der Waals surface area contributed by atoms with Gasteiger partial charge in [-0.3, -0.25) is 5.01 Å². The van der Waals surface area contributed by atoms with E-state index >= 15 is 0 Å². The Balaban J connectivity index is 1.73. The topological polar surface area (TPSA) is 118 Å². The molecule has 6 N–H and O–H groups in total. The Hall–Kier alpha value is -3.06. The summed E-state index contributed by atoms with van der Waals surface area (Å²) in [6, 6.07) is 8.53. The summed E-state index contributed by atoms with van der Waals surface area (Å²) < 4.78 is 0. The minimum Gasteiger partial charge on any atom is -0.478 e. The van der Waals surface area contributed by atoms with E-state index in [4.69, 9.17) is 16.7 Å². The molecule has 1 aromatic heterocycles.